The second-order valence-corrected chi connectivity index (χ2v) is 4.88. The van der Waals surface area contributed by atoms with Crippen molar-refractivity contribution in [1.82, 2.24) is 0 Å². The summed E-state index contributed by atoms with van der Waals surface area (Å²) >= 11 is 0. The van der Waals surface area contributed by atoms with Crippen molar-refractivity contribution in [1.29, 1.82) is 0 Å². The number of carbonyl (C=O) groups is 1. The molecule has 0 aliphatic carbocycles. The van der Waals surface area contributed by atoms with Gasteiger partial charge in [-0.25, -0.2) is 0 Å². The van der Waals surface area contributed by atoms with Crippen molar-refractivity contribution in [2.24, 2.45) is 0 Å². The van der Waals surface area contributed by atoms with Crippen LogP contribution >= 0.6 is 0 Å². The number of benzene rings is 2. The Labute approximate surface area is 119 Å². The summed E-state index contributed by atoms with van der Waals surface area (Å²) in [6, 6.07) is 15.4. The number of rotatable bonds is 4. The third-order valence-electron chi connectivity index (χ3n) is 3.05. The molecule has 2 aromatic carbocycles. The van der Waals surface area contributed by atoms with Gasteiger partial charge in [-0.3, -0.25) is 4.79 Å². The predicted octanol–water partition coefficient (Wildman–Crippen LogP) is 3.71. The Morgan fingerprint density at radius 2 is 1.85 bits per heavy atom. The maximum absolute atomic E-state index is 12.1. The zero-order valence-corrected chi connectivity index (χ0v) is 12.0. The van der Waals surface area contributed by atoms with E-state index < -0.39 is 6.10 Å². The number of hydrogen-bond donors (Lipinski definition) is 1. The molecule has 0 fully saturated rings. The number of anilines is 1. The summed E-state index contributed by atoms with van der Waals surface area (Å²) in [7, 11) is 0. The van der Waals surface area contributed by atoms with E-state index in [0.717, 1.165) is 22.6 Å². The normalized spacial score (nSPS) is 11.8. The molecule has 104 valence electrons. The van der Waals surface area contributed by atoms with E-state index >= 15 is 0 Å². The monoisotopic (exact) mass is 269 g/mol. The van der Waals surface area contributed by atoms with Gasteiger partial charge in [0.1, 0.15) is 5.75 Å². The molecular formula is C17H19NO2. The maximum atomic E-state index is 12.1. The molecule has 0 spiro atoms. The lowest BCUT2D eigenvalue weighted by Crippen LogP contribution is -2.30. The molecule has 20 heavy (non-hydrogen) atoms. The summed E-state index contributed by atoms with van der Waals surface area (Å²) in [5, 5.41) is 2.86. The van der Waals surface area contributed by atoms with E-state index in [2.05, 4.69) is 5.32 Å². The Morgan fingerprint density at radius 3 is 2.55 bits per heavy atom. The largest absolute Gasteiger partial charge is 0.481 e. The van der Waals surface area contributed by atoms with E-state index in [4.69, 9.17) is 4.74 Å². The molecular weight excluding hydrogens is 250 g/mol. The smallest absolute Gasteiger partial charge is 0.265 e. The lowest BCUT2D eigenvalue weighted by Gasteiger charge is -2.16. The first-order chi connectivity index (χ1) is 9.56. The lowest BCUT2D eigenvalue weighted by molar-refractivity contribution is -0.122. The highest BCUT2D eigenvalue weighted by molar-refractivity contribution is 5.94. The van der Waals surface area contributed by atoms with Gasteiger partial charge in [-0.15, -0.1) is 0 Å². The summed E-state index contributed by atoms with van der Waals surface area (Å²) < 4.78 is 5.70. The minimum Gasteiger partial charge on any atom is -0.481 e. The Kier molecular flexibility index (Phi) is 4.41. The van der Waals surface area contributed by atoms with Gasteiger partial charge in [-0.1, -0.05) is 30.3 Å². The number of para-hydroxylation sites is 1. The van der Waals surface area contributed by atoms with Crippen LogP contribution in [0.4, 0.5) is 5.69 Å². The first kappa shape index (κ1) is 14.1. The molecule has 0 radical (unpaired) electrons. The van der Waals surface area contributed by atoms with Crippen LogP contribution in [0.3, 0.4) is 0 Å². The fourth-order valence-corrected chi connectivity index (χ4v) is 1.90. The van der Waals surface area contributed by atoms with Gasteiger partial charge >= 0.3 is 0 Å². The van der Waals surface area contributed by atoms with E-state index in [-0.39, 0.29) is 5.91 Å². The van der Waals surface area contributed by atoms with Crippen LogP contribution in [0.2, 0.25) is 0 Å². The average molecular weight is 269 g/mol. The zero-order valence-electron chi connectivity index (χ0n) is 12.0. The van der Waals surface area contributed by atoms with Crippen LogP contribution in [0.25, 0.3) is 0 Å². The molecule has 0 aromatic heterocycles. The number of hydrogen-bond acceptors (Lipinski definition) is 2. The fraction of sp³-hybridized carbons (Fsp3) is 0.235. The van der Waals surface area contributed by atoms with Crippen LogP contribution < -0.4 is 10.1 Å². The van der Waals surface area contributed by atoms with Crippen LogP contribution in [0.5, 0.6) is 5.75 Å². The molecule has 0 aliphatic heterocycles. The molecule has 1 N–H and O–H groups in total. The number of amides is 1. The molecule has 3 nitrogen and oxygen atoms in total. The number of aryl methyl sites for hydroxylation is 2. The Balaban J connectivity index is 2.01. The van der Waals surface area contributed by atoms with E-state index in [0.29, 0.717) is 0 Å². The molecule has 0 saturated heterocycles. The van der Waals surface area contributed by atoms with Crippen molar-refractivity contribution in [3.63, 3.8) is 0 Å². The van der Waals surface area contributed by atoms with E-state index in [1.807, 2.05) is 62.4 Å². The molecule has 0 bridgehead atoms. The second-order valence-electron chi connectivity index (χ2n) is 4.88. The highest BCUT2D eigenvalue weighted by Crippen LogP contribution is 2.18. The summed E-state index contributed by atoms with van der Waals surface area (Å²) in [4.78, 5) is 12.1. The topological polar surface area (TPSA) is 38.3 Å². The Morgan fingerprint density at radius 1 is 1.10 bits per heavy atom. The highest BCUT2D eigenvalue weighted by Gasteiger charge is 2.15. The van der Waals surface area contributed by atoms with Crippen LogP contribution in [-0.4, -0.2) is 12.0 Å². The Bertz CT molecular complexity index is 607. The van der Waals surface area contributed by atoms with Crippen molar-refractivity contribution in [3.8, 4) is 5.75 Å². The molecule has 0 saturated carbocycles. The summed E-state index contributed by atoms with van der Waals surface area (Å²) in [5.74, 6) is 0.582. The quantitative estimate of drug-likeness (QED) is 0.919. The van der Waals surface area contributed by atoms with Gasteiger partial charge in [0, 0.05) is 5.69 Å². The minimum absolute atomic E-state index is 0.154. The van der Waals surface area contributed by atoms with Gasteiger partial charge < -0.3 is 10.1 Å². The molecule has 3 heteroatoms. The first-order valence-electron chi connectivity index (χ1n) is 6.66. The van der Waals surface area contributed by atoms with Gasteiger partial charge in [0.05, 0.1) is 0 Å². The van der Waals surface area contributed by atoms with Gasteiger partial charge in [-0.05, 0) is 50.1 Å². The van der Waals surface area contributed by atoms with Crippen molar-refractivity contribution >= 4 is 11.6 Å². The lowest BCUT2D eigenvalue weighted by atomic mass is 10.2. The van der Waals surface area contributed by atoms with Crippen LogP contribution in [0, 0.1) is 13.8 Å². The van der Waals surface area contributed by atoms with Crippen LogP contribution in [0.15, 0.2) is 48.5 Å². The Hall–Kier alpha value is -2.29. The zero-order chi connectivity index (χ0) is 14.5. The van der Waals surface area contributed by atoms with Crippen molar-refractivity contribution in [2.45, 2.75) is 26.9 Å². The molecule has 0 aliphatic rings. The summed E-state index contributed by atoms with van der Waals surface area (Å²) in [5.41, 5.74) is 2.91. The third-order valence-corrected chi connectivity index (χ3v) is 3.05. The summed E-state index contributed by atoms with van der Waals surface area (Å²) in [6.45, 7) is 5.70. The molecule has 2 aromatic rings. The van der Waals surface area contributed by atoms with E-state index in [9.17, 15) is 4.79 Å². The van der Waals surface area contributed by atoms with Crippen molar-refractivity contribution < 1.29 is 9.53 Å². The van der Waals surface area contributed by atoms with Gasteiger partial charge in [0.2, 0.25) is 0 Å². The molecule has 0 heterocycles. The first-order valence-corrected chi connectivity index (χ1v) is 6.66. The minimum atomic E-state index is -0.545. The second kappa shape index (κ2) is 6.24. The third kappa shape index (κ3) is 3.60. The molecule has 0 unspecified atom stereocenters. The van der Waals surface area contributed by atoms with Crippen molar-refractivity contribution in [2.75, 3.05) is 5.32 Å². The molecule has 1 amide bonds. The number of carbonyl (C=O) groups excluding carboxylic acids is 1. The van der Waals surface area contributed by atoms with E-state index in [1.165, 1.54) is 0 Å². The van der Waals surface area contributed by atoms with Crippen LogP contribution in [0.1, 0.15) is 18.1 Å². The standard InChI is InChI=1S/C17H19NO2/c1-12-7-6-9-15(11-12)18-17(19)14(3)20-16-10-5-4-8-13(16)2/h4-11,14H,1-3H3,(H,18,19)/t14-/m0/s1. The highest BCUT2D eigenvalue weighted by atomic mass is 16.5. The maximum Gasteiger partial charge on any atom is 0.265 e. The van der Waals surface area contributed by atoms with Crippen molar-refractivity contribution in [3.05, 3.63) is 59.7 Å². The molecule has 1 atom stereocenters. The molecule has 2 rings (SSSR count). The van der Waals surface area contributed by atoms with E-state index in [1.54, 1.807) is 6.92 Å². The number of nitrogens with one attached hydrogen (secondary N) is 1. The van der Waals surface area contributed by atoms with Gasteiger partial charge in [-0.2, -0.15) is 0 Å². The average Bonchev–Trinajstić information content (AvgIpc) is 2.41. The SMILES string of the molecule is Cc1cccc(NC(=O)[C@H](C)Oc2ccccc2C)c1. The summed E-state index contributed by atoms with van der Waals surface area (Å²) in [6.07, 6.45) is -0.545. The number of ether oxygens (including phenoxy) is 1. The predicted molar refractivity (Wildman–Crippen MR) is 81.1 cm³/mol. The fourth-order valence-electron chi connectivity index (χ4n) is 1.90. The van der Waals surface area contributed by atoms with Gasteiger partial charge in [0.25, 0.3) is 5.91 Å². The van der Waals surface area contributed by atoms with Crippen LogP contribution in [-0.2, 0) is 4.79 Å². The van der Waals surface area contributed by atoms with Gasteiger partial charge in [0.15, 0.2) is 6.10 Å².